The van der Waals surface area contributed by atoms with Crippen LogP contribution in [0.15, 0.2) is 12.3 Å². The van der Waals surface area contributed by atoms with E-state index in [-0.39, 0.29) is 6.61 Å². The molecule has 0 atom stereocenters. The molecule has 0 saturated carbocycles. The van der Waals surface area contributed by atoms with Crippen molar-refractivity contribution < 1.29 is 23.6 Å². The number of ether oxygens (including phenoxy) is 1. The molecule has 0 aliphatic rings. The molecule has 0 aliphatic carbocycles. The van der Waals surface area contributed by atoms with E-state index in [0.29, 0.717) is 13.0 Å². The highest BCUT2D eigenvalue weighted by Gasteiger charge is 2.12. The molecule has 0 amide bonds. The van der Waals surface area contributed by atoms with Gasteiger partial charge in [-0.15, -0.1) is 0 Å². The Kier molecular flexibility index (Phi) is 6.90. The zero-order valence-electron chi connectivity index (χ0n) is 7.55. The molecule has 5 nitrogen and oxygen atoms in total. The quantitative estimate of drug-likeness (QED) is 0.377. The zero-order chi connectivity index (χ0) is 10.2. The van der Waals surface area contributed by atoms with Crippen molar-refractivity contribution in [3.63, 3.8) is 0 Å². The van der Waals surface area contributed by atoms with E-state index in [2.05, 4.69) is 4.52 Å². The lowest BCUT2D eigenvalue weighted by Gasteiger charge is -2.04. The van der Waals surface area contributed by atoms with E-state index in [1.54, 1.807) is 6.26 Å². The van der Waals surface area contributed by atoms with Crippen molar-refractivity contribution in [2.75, 3.05) is 13.2 Å². The molecular formula is C7H15O5P. The smallest absolute Gasteiger partial charge is 0.469 e. The molecule has 0 radical (unpaired) electrons. The van der Waals surface area contributed by atoms with Crippen molar-refractivity contribution in [2.45, 2.75) is 19.8 Å². The molecule has 0 aliphatic heterocycles. The SMILES string of the molecule is CCC=COCCCOP(=O)(O)O. The maximum atomic E-state index is 10.2. The fraction of sp³-hybridized carbons (Fsp3) is 0.714. The zero-order valence-corrected chi connectivity index (χ0v) is 8.44. The van der Waals surface area contributed by atoms with Gasteiger partial charge in [0.05, 0.1) is 19.5 Å². The van der Waals surface area contributed by atoms with Gasteiger partial charge in [0.25, 0.3) is 0 Å². The van der Waals surface area contributed by atoms with E-state index in [0.717, 1.165) is 6.42 Å². The molecule has 2 N–H and O–H groups in total. The van der Waals surface area contributed by atoms with Crippen molar-refractivity contribution in [3.05, 3.63) is 12.3 Å². The van der Waals surface area contributed by atoms with Crippen molar-refractivity contribution in [1.29, 1.82) is 0 Å². The van der Waals surface area contributed by atoms with Crippen molar-refractivity contribution >= 4 is 7.82 Å². The van der Waals surface area contributed by atoms with Gasteiger partial charge in [0, 0.05) is 6.42 Å². The van der Waals surface area contributed by atoms with Crippen LogP contribution in [0.2, 0.25) is 0 Å². The summed E-state index contributed by atoms with van der Waals surface area (Å²) in [6, 6.07) is 0. The van der Waals surface area contributed by atoms with Gasteiger partial charge in [-0.3, -0.25) is 4.52 Å². The normalized spacial score (nSPS) is 12.2. The lowest BCUT2D eigenvalue weighted by Crippen LogP contribution is -1.96. The summed E-state index contributed by atoms with van der Waals surface area (Å²) < 4.78 is 19.4. The number of hydrogen-bond donors (Lipinski definition) is 2. The molecule has 6 heteroatoms. The molecule has 0 heterocycles. The van der Waals surface area contributed by atoms with Crippen LogP contribution >= 0.6 is 7.82 Å². The summed E-state index contributed by atoms with van der Waals surface area (Å²) in [6.45, 7) is 2.39. The van der Waals surface area contributed by atoms with E-state index in [4.69, 9.17) is 14.5 Å². The average molecular weight is 210 g/mol. The summed E-state index contributed by atoms with van der Waals surface area (Å²) in [5.74, 6) is 0. The average Bonchev–Trinajstić information content (AvgIpc) is 2.01. The van der Waals surface area contributed by atoms with Crippen LogP contribution in [-0.4, -0.2) is 23.0 Å². The lowest BCUT2D eigenvalue weighted by atomic mass is 10.5. The predicted molar refractivity (Wildman–Crippen MR) is 48.0 cm³/mol. The molecule has 0 aromatic heterocycles. The highest BCUT2D eigenvalue weighted by atomic mass is 31.2. The third-order valence-corrected chi connectivity index (χ3v) is 1.61. The van der Waals surface area contributed by atoms with Crippen LogP contribution in [0.4, 0.5) is 0 Å². The fourth-order valence-electron chi connectivity index (χ4n) is 0.558. The predicted octanol–water partition coefficient (Wildman–Crippen LogP) is 1.43. The number of hydrogen-bond acceptors (Lipinski definition) is 3. The third-order valence-electron chi connectivity index (χ3n) is 1.09. The first kappa shape index (κ1) is 12.7. The number of phosphoric ester groups is 1. The lowest BCUT2D eigenvalue weighted by molar-refractivity contribution is 0.168. The van der Waals surface area contributed by atoms with Crippen LogP contribution in [0.1, 0.15) is 19.8 Å². The topological polar surface area (TPSA) is 76.0 Å². The van der Waals surface area contributed by atoms with E-state index < -0.39 is 7.82 Å². The first-order valence-electron chi connectivity index (χ1n) is 4.03. The van der Waals surface area contributed by atoms with Gasteiger partial charge in [0.1, 0.15) is 0 Å². The highest BCUT2D eigenvalue weighted by molar-refractivity contribution is 7.46. The van der Waals surface area contributed by atoms with Gasteiger partial charge in [-0.2, -0.15) is 0 Å². The Balaban J connectivity index is 3.18. The minimum atomic E-state index is -4.30. The minimum Gasteiger partial charge on any atom is -0.501 e. The van der Waals surface area contributed by atoms with Crippen molar-refractivity contribution in [2.24, 2.45) is 0 Å². The summed E-state index contributed by atoms with van der Waals surface area (Å²) in [6.07, 6.45) is 4.78. The van der Waals surface area contributed by atoms with E-state index in [1.807, 2.05) is 13.0 Å². The number of phosphoric acid groups is 1. The van der Waals surface area contributed by atoms with Gasteiger partial charge < -0.3 is 14.5 Å². The Morgan fingerprint density at radius 2 is 2.08 bits per heavy atom. The van der Waals surface area contributed by atoms with Crippen LogP contribution in [0.5, 0.6) is 0 Å². The molecule has 0 rings (SSSR count). The van der Waals surface area contributed by atoms with Crippen LogP contribution in [0, 0.1) is 0 Å². The van der Waals surface area contributed by atoms with Gasteiger partial charge in [0.2, 0.25) is 0 Å². The third kappa shape index (κ3) is 11.7. The summed E-state index contributed by atoms with van der Waals surface area (Å²) >= 11 is 0. The summed E-state index contributed by atoms with van der Waals surface area (Å²) in [7, 11) is -4.30. The molecule has 13 heavy (non-hydrogen) atoms. The van der Waals surface area contributed by atoms with Crippen LogP contribution in [0.25, 0.3) is 0 Å². The maximum absolute atomic E-state index is 10.2. The Labute approximate surface area is 77.6 Å². The van der Waals surface area contributed by atoms with Crippen LogP contribution < -0.4 is 0 Å². The molecule has 0 bridgehead atoms. The van der Waals surface area contributed by atoms with E-state index >= 15 is 0 Å². The molecule has 0 spiro atoms. The second-order valence-corrected chi connectivity index (χ2v) is 3.57. The van der Waals surface area contributed by atoms with Gasteiger partial charge >= 0.3 is 7.82 Å². The molecule has 0 aromatic carbocycles. The second-order valence-electron chi connectivity index (χ2n) is 2.33. The molecular weight excluding hydrogens is 195 g/mol. The molecule has 0 aromatic rings. The van der Waals surface area contributed by atoms with Crippen molar-refractivity contribution in [1.82, 2.24) is 0 Å². The van der Waals surface area contributed by atoms with Crippen molar-refractivity contribution in [3.8, 4) is 0 Å². The van der Waals surface area contributed by atoms with Gasteiger partial charge in [-0.05, 0) is 6.42 Å². The Bertz CT molecular complexity index is 185. The van der Waals surface area contributed by atoms with E-state index in [9.17, 15) is 4.57 Å². The van der Waals surface area contributed by atoms with Gasteiger partial charge in [-0.1, -0.05) is 13.0 Å². The fourth-order valence-corrected chi connectivity index (χ4v) is 0.925. The first-order valence-corrected chi connectivity index (χ1v) is 5.56. The molecule has 78 valence electrons. The Morgan fingerprint density at radius 3 is 2.62 bits per heavy atom. The largest absolute Gasteiger partial charge is 0.501 e. The highest BCUT2D eigenvalue weighted by Crippen LogP contribution is 2.35. The van der Waals surface area contributed by atoms with E-state index in [1.165, 1.54) is 0 Å². The molecule has 0 unspecified atom stereocenters. The van der Waals surface area contributed by atoms with Crippen LogP contribution in [-0.2, 0) is 13.8 Å². The standard InChI is InChI=1S/C7H15O5P/c1-2-3-5-11-6-4-7-12-13(8,9)10/h3,5H,2,4,6-7H2,1H3,(H2,8,9,10). The maximum Gasteiger partial charge on any atom is 0.469 e. The van der Waals surface area contributed by atoms with Crippen LogP contribution in [0.3, 0.4) is 0 Å². The van der Waals surface area contributed by atoms with Gasteiger partial charge in [0.15, 0.2) is 0 Å². The monoisotopic (exact) mass is 210 g/mol. The summed E-state index contributed by atoms with van der Waals surface area (Å²) in [5, 5.41) is 0. The van der Waals surface area contributed by atoms with Gasteiger partial charge in [-0.25, -0.2) is 4.57 Å². The Morgan fingerprint density at radius 1 is 1.38 bits per heavy atom. The summed E-state index contributed by atoms with van der Waals surface area (Å²) in [4.78, 5) is 16.6. The Hall–Kier alpha value is -0.350. The number of allylic oxidation sites excluding steroid dienone is 1. The first-order chi connectivity index (χ1) is 6.06. The molecule has 0 fully saturated rings. The minimum absolute atomic E-state index is 0.00421. The molecule has 0 saturated heterocycles. The summed E-state index contributed by atoms with van der Waals surface area (Å²) in [5.41, 5.74) is 0. The number of rotatable bonds is 7. The second kappa shape index (κ2) is 7.09.